The third-order valence-corrected chi connectivity index (χ3v) is 3.05. The Morgan fingerprint density at radius 3 is 2.35 bits per heavy atom. The SMILES string of the molecule is Cc1cccc(C)c1NC(=O)/C=C/c1ccccc1F. The van der Waals surface area contributed by atoms with Crippen LogP contribution in [-0.4, -0.2) is 5.91 Å². The summed E-state index contributed by atoms with van der Waals surface area (Å²) in [6, 6.07) is 12.1. The summed E-state index contributed by atoms with van der Waals surface area (Å²) < 4.78 is 13.4. The van der Waals surface area contributed by atoms with Crippen molar-refractivity contribution in [2.45, 2.75) is 13.8 Å². The number of carbonyl (C=O) groups excluding carboxylic acids is 1. The van der Waals surface area contributed by atoms with Crippen LogP contribution >= 0.6 is 0 Å². The second-order valence-corrected chi connectivity index (χ2v) is 4.61. The number of anilines is 1. The number of halogens is 1. The number of hydrogen-bond acceptors (Lipinski definition) is 1. The van der Waals surface area contributed by atoms with E-state index in [-0.39, 0.29) is 11.7 Å². The van der Waals surface area contributed by atoms with Crippen LogP contribution in [0, 0.1) is 19.7 Å². The van der Waals surface area contributed by atoms with E-state index < -0.39 is 0 Å². The van der Waals surface area contributed by atoms with E-state index in [1.54, 1.807) is 18.2 Å². The monoisotopic (exact) mass is 269 g/mol. The topological polar surface area (TPSA) is 29.1 Å². The maximum absolute atomic E-state index is 13.4. The molecule has 0 unspecified atom stereocenters. The number of aryl methyl sites for hydroxylation is 2. The highest BCUT2D eigenvalue weighted by Crippen LogP contribution is 2.19. The molecule has 20 heavy (non-hydrogen) atoms. The first-order valence-electron chi connectivity index (χ1n) is 6.38. The Kier molecular flexibility index (Phi) is 4.31. The van der Waals surface area contributed by atoms with E-state index in [0.29, 0.717) is 5.56 Å². The molecule has 0 heterocycles. The van der Waals surface area contributed by atoms with Crippen molar-refractivity contribution in [3.8, 4) is 0 Å². The average molecular weight is 269 g/mol. The van der Waals surface area contributed by atoms with Crippen molar-refractivity contribution in [1.29, 1.82) is 0 Å². The first-order chi connectivity index (χ1) is 9.58. The maximum Gasteiger partial charge on any atom is 0.248 e. The molecule has 0 fully saturated rings. The summed E-state index contributed by atoms with van der Waals surface area (Å²) in [6.07, 6.45) is 2.81. The molecule has 0 radical (unpaired) electrons. The molecule has 0 saturated carbocycles. The van der Waals surface area contributed by atoms with Gasteiger partial charge in [0.15, 0.2) is 0 Å². The van der Waals surface area contributed by atoms with Crippen LogP contribution in [0.4, 0.5) is 10.1 Å². The Labute approximate surface area is 118 Å². The smallest absolute Gasteiger partial charge is 0.248 e. The number of hydrogen-bond donors (Lipinski definition) is 1. The fourth-order valence-electron chi connectivity index (χ4n) is 1.95. The third-order valence-electron chi connectivity index (χ3n) is 3.05. The lowest BCUT2D eigenvalue weighted by Crippen LogP contribution is -2.10. The van der Waals surface area contributed by atoms with Crippen molar-refractivity contribution in [3.05, 3.63) is 71.0 Å². The van der Waals surface area contributed by atoms with Gasteiger partial charge < -0.3 is 5.32 Å². The van der Waals surface area contributed by atoms with Crippen molar-refractivity contribution in [2.75, 3.05) is 5.32 Å². The minimum Gasteiger partial charge on any atom is -0.322 e. The number of para-hydroxylation sites is 1. The first kappa shape index (κ1) is 14.0. The molecule has 0 aromatic heterocycles. The lowest BCUT2D eigenvalue weighted by molar-refractivity contribution is -0.111. The molecule has 0 saturated heterocycles. The molecule has 1 amide bonds. The molecule has 0 aliphatic heterocycles. The molecule has 2 nitrogen and oxygen atoms in total. The second-order valence-electron chi connectivity index (χ2n) is 4.61. The Morgan fingerprint density at radius 2 is 1.70 bits per heavy atom. The summed E-state index contributed by atoms with van der Waals surface area (Å²) in [6.45, 7) is 3.87. The molecular formula is C17H16FNO. The molecule has 2 rings (SSSR count). The van der Waals surface area contributed by atoms with E-state index in [9.17, 15) is 9.18 Å². The number of carbonyl (C=O) groups is 1. The van der Waals surface area contributed by atoms with Crippen LogP contribution in [-0.2, 0) is 4.79 Å². The van der Waals surface area contributed by atoms with E-state index in [1.807, 2.05) is 32.0 Å². The summed E-state index contributed by atoms with van der Waals surface area (Å²) >= 11 is 0. The zero-order chi connectivity index (χ0) is 14.5. The summed E-state index contributed by atoms with van der Waals surface area (Å²) in [4.78, 5) is 11.9. The Bertz CT molecular complexity index is 642. The fourth-order valence-corrected chi connectivity index (χ4v) is 1.95. The van der Waals surface area contributed by atoms with Crippen LogP contribution in [0.15, 0.2) is 48.5 Å². The van der Waals surface area contributed by atoms with Gasteiger partial charge in [-0.15, -0.1) is 0 Å². The Hall–Kier alpha value is -2.42. The third kappa shape index (κ3) is 3.32. The van der Waals surface area contributed by atoms with E-state index in [0.717, 1.165) is 16.8 Å². The van der Waals surface area contributed by atoms with Crippen molar-refractivity contribution in [2.24, 2.45) is 0 Å². The molecule has 0 bridgehead atoms. The van der Waals surface area contributed by atoms with Gasteiger partial charge >= 0.3 is 0 Å². The van der Waals surface area contributed by atoms with Crippen molar-refractivity contribution in [3.63, 3.8) is 0 Å². The van der Waals surface area contributed by atoms with Gasteiger partial charge in [0.25, 0.3) is 0 Å². The van der Waals surface area contributed by atoms with Crippen LogP contribution in [0.2, 0.25) is 0 Å². The van der Waals surface area contributed by atoms with Gasteiger partial charge in [-0.3, -0.25) is 4.79 Å². The number of rotatable bonds is 3. The van der Waals surface area contributed by atoms with Gasteiger partial charge in [-0.25, -0.2) is 4.39 Å². The standard InChI is InChI=1S/C17H16FNO/c1-12-6-5-7-13(2)17(12)19-16(20)11-10-14-8-3-4-9-15(14)18/h3-11H,1-2H3,(H,19,20)/b11-10+. The molecule has 0 aliphatic carbocycles. The van der Waals surface area contributed by atoms with E-state index in [1.165, 1.54) is 18.2 Å². The maximum atomic E-state index is 13.4. The predicted octanol–water partition coefficient (Wildman–Crippen LogP) is 4.09. The van der Waals surface area contributed by atoms with Gasteiger partial charge in [-0.1, -0.05) is 36.4 Å². The molecule has 2 aromatic carbocycles. The molecule has 1 N–H and O–H groups in total. The van der Waals surface area contributed by atoms with Crippen LogP contribution < -0.4 is 5.32 Å². The highest BCUT2D eigenvalue weighted by atomic mass is 19.1. The van der Waals surface area contributed by atoms with Gasteiger partial charge in [-0.2, -0.15) is 0 Å². The molecule has 2 aromatic rings. The lowest BCUT2D eigenvalue weighted by Gasteiger charge is -2.09. The lowest BCUT2D eigenvalue weighted by atomic mass is 10.1. The van der Waals surface area contributed by atoms with Gasteiger partial charge in [0.05, 0.1) is 0 Å². The summed E-state index contributed by atoms with van der Waals surface area (Å²) in [5, 5.41) is 2.82. The van der Waals surface area contributed by atoms with Crippen LogP contribution in [0.3, 0.4) is 0 Å². The van der Waals surface area contributed by atoms with E-state index in [2.05, 4.69) is 5.32 Å². The Balaban J connectivity index is 2.12. The highest BCUT2D eigenvalue weighted by molar-refractivity contribution is 6.02. The minimum atomic E-state index is -0.344. The predicted molar refractivity (Wildman–Crippen MR) is 80.0 cm³/mol. The fraction of sp³-hybridized carbons (Fsp3) is 0.118. The van der Waals surface area contributed by atoms with Crippen molar-refractivity contribution in [1.82, 2.24) is 0 Å². The molecule has 0 aliphatic rings. The summed E-state index contributed by atoms with van der Waals surface area (Å²) in [7, 11) is 0. The zero-order valence-electron chi connectivity index (χ0n) is 11.5. The van der Waals surface area contributed by atoms with Crippen LogP contribution in [0.25, 0.3) is 6.08 Å². The van der Waals surface area contributed by atoms with Crippen LogP contribution in [0.5, 0.6) is 0 Å². The van der Waals surface area contributed by atoms with Crippen molar-refractivity contribution >= 4 is 17.7 Å². The van der Waals surface area contributed by atoms with Crippen LogP contribution in [0.1, 0.15) is 16.7 Å². The molecule has 0 spiro atoms. The van der Waals surface area contributed by atoms with E-state index >= 15 is 0 Å². The number of benzene rings is 2. The number of nitrogens with one attached hydrogen (secondary N) is 1. The molecular weight excluding hydrogens is 253 g/mol. The van der Waals surface area contributed by atoms with E-state index in [4.69, 9.17) is 0 Å². The first-order valence-corrected chi connectivity index (χ1v) is 6.38. The van der Waals surface area contributed by atoms with Gasteiger partial charge in [0.2, 0.25) is 5.91 Å². The zero-order valence-corrected chi connectivity index (χ0v) is 11.5. The molecule has 3 heteroatoms. The van der Waals surface area contributed by atoms with Crippen molar-refractivity contribution < 1.29 is 9.18 Å². The number of amides is 1. The molecule has 0 atom stereocenters. The summed E-state index contributed by atoms with van der Waals surface area (Å²) in [5.41, 5.74) is 3.19. The normalized spacial score (nSPS) is 10.8. The van der Waals surface area contributed by atoms with Gasteiger partial charge in [0, 0.05) is 17.3 Å². The van der Waals surface area contributed by atoms with Gasteiger partial charge in [-0.05, 0) is 37.1 Å². The minimum absolute atomic E-state index is 0.273. The van der Waals surface area contributed by atoms with Gasteiger partial charge in [0.1, 0.15) is 5.82 Å². The largest absolute Gasteiger partial charge is 0.322 e. The summed E-state index contributed by atoms with van der Waals surface area (Å²) in [5.74, 6) is -0.616. The average Bonchev–Trinajstić information content (AvgIpc) is 2.42. The quantitative estimate of drug-likeness (QED) is 0.835. The Morgan fingerprint density at radius 1 is 1.05 bits per heavy atom. The molecule has 102 valence electrons. The highest BCUT2D eigenvalue weighted by Gasteiger charge is 2.04. The second kappa shape index (κ2) is 6.15.